The van der Waals surface area contributed by atoms with Gasteiger partial charge in [-0.15, -0.1) is 11.8 Å². The minimum atomic E-state index is -0.0289. The van der Waals surface area contributed by atoms with Crippen LogP contribution in [0.2, 0.25) is 0 Å². The van der Waals surface area contributed by atoms with Gasteiger partial charge in [0.25, 0.3) is 5.91 Å². The number of nitrogens with zero attached hydrogens (tertiary/aromatic N) is 1. The normalized spacial score (nSPS) is 18.1. The summed E-state index contributed by atoms with van der Waals surface area (Å²) in [5, 5.41) is 11.9. The van der Waals surface area contributed by atoms with Gasteiger partial charge in [-0.1, -0.05) is 12.1 Å². The highest BCUT2D eigenvalue weighted by atomic mass is 32.2. The molecule has 2 aromatic rings. The minimum Gasteiger partial charge on any atom is -0.497 e. The number of amides is 1. The Bertz CT molecular complexity index is 897. The number of quaternary nitrogens is 1. The Balaban J connectivity index is 1.72. The predicted molar refractivity (Wildman–Crippen MR) is 114 cm³/mol. The van der Waals surface area contributed by atoms with Crippen molar-refractivity contribution in [1.29, 1.82) is 5.26 Å². The molecule has 1 saturated heterocycles. The molecule has 7 heteroatoms. The summed E-state index contributed by atoms with van der Waals surface area (Å²) in [6.07, 6.45) is 2.06. The minimum absolute atomic E-state index is 0.0289. The number of likely N-dealkylation sites (tertiary alicyclic amines) is 1. The molecule has 0 spiro atoms. The Labute approximate surface area is 175 Å². The molecular weight excluding hydrogens is 386 g/mol. The van der Waals surface area contributed by atoms with Crippen LogP contribution >= 0.6 is 11.8 Å². The average molecular weight is 413 g/mol. The first-order valence-corrected chi connectivity index (χ1v) is 10.6. The van der Waals surface area contributed by atoms with E-state index in [1.54, 1.807) is 14.2 Å². The number of ether oxygens (including phenoxy) is 2. The van der Waals surface area contributed by atoms with Gasteiger partial charge in [0.05, 0.1) is 43.8 Å². The molecule has 0 bridgehead atoms. The largest absolute Gasteiger partial charge is 0.497 e. The number of methoxy groups -OCH3 is 2. The van der Waals surface area contributed by atoms with Crippen molar-refractivity contribution in [3.8, 4) is 17.6 Å². The average Bonchev–Trinajstić information content (AvgIpc) is 3.20. The predicted octanol–water partition coefficient (Wildman–Crippen LogP) is 2.68. The Morgan fingerprint density at radius 3 is 2.86 bits per heavy atom. The number of para-hydroxylation sites is 1. The lowest BCUT2D eigenvalue weighted by atomic mass is 10.0. The Kier molecular flexibility index (Phi) is 7.39. The maximum absolute atomic E-state index is 12.8. The van der Waals surface area contributed by atoms with E-state index in [2.05, 4.69) is 11.4 Å². The molecule has 1 aliphatic heterocycles. The molecule has 3 rings (SSSR count). The highest BCUT2D eigenvalue weighted by molar-refractivity contribution is 7.99. The quantitative estimate of drug-likeness (QED) is 0.652. The SMILES string of the molecule is COc1ccc(OC)c([C@@H]2CCC[NH+]2CC(=O)Nc2ccccc2SCC#N)c1. The smallest absolute Gasteiger partial charge is 0.279 e. The van der Waals surface area contributed by atoms with Gasteiger partial charge >= 0.3 is 0 Å². The fourth-order valence-corrected chi connectivity index (χ4v) is 4.49. The highest BCUT2D eigenvalue weighted by Crippen LogP contribution is 2.32. The summed E-state index contributed by atoms with van der Waals surface area (Å²) >= 11 is 1.43. The zero-order valence-electron chi connectivity index (χ0n) is 16.7. The number of thioether (sulfide) groups is 1. The van der Waals surface area contributed by atoms with Crippen LogP contribution in [0.4, 0.5) is 5.69 Å². The number of nitrogens with one attached hydrogen (secondary N) is 2. The maximum Gasteiger partial charge on any atom is 0.279 e. The van der Waals surface area contributed by atoms with Crippen LogP contribution in [-0.4, -0.2) is 39.0 Å². The van der Waals surface area contributed by atoms with Crippen molar-refractivity contribution < 1.29 is 19.2 Å². The van der Waals surface area contributed by atoms with E-state index in [0.717, 1.165) is 47.0 Å². The van der Waals surface area contributed by atoms with Gasteiger partial charge in [-0.25, -0.2) is 0 Å². The van der Waals surface area contributed by atoms with Crippen LogP contribution in [-0.2, 0) is 4.79 Å². The second-order valence-corrected chi connectivity index (χ2v) is 7.90. The maximum atomic E-state index is 12.8. The standard InChI is InChI=1S/C22H25N3O3S/c1-27-16-9-10-20(28-2)17(14-16)19-7-5-12-25(19)15-22(26)24-18-6-3-4-8-21(18)29-13-11-23/h3-4,6,8-10,14,19H,5,7,12-13,15H2,1-2H3,(H,24,26)/p+1/t19-/m0/s1. The van der Waals surface area contributed by atoms with E-state index in [1.165, 1.54) is 16.7 Å². The fourth-order valence-electron chi connectivity index (χ4n) is 3.82. The molecule has 1 fully saturated rings. The molecule has 1 aliphatic rings. The summed E-state index contributed by atoms with van der Waals surface area (Å²) < 4.78 is 10.9. The Hall–Kier alpha value is -2.69. The molecule has 0 aliphatic carbocycles. The summed E-state index contributed by atoms with van der Waals surface area (Å²) in [6.45, 7) is 1.31. The van der Waals surface area contributed by atoms with Gasteiger partial charge in [0.2, 0.25) is 0 Å². The number of anilines is 1. The van der Waals surface area contributed by atoms with Gasteiger partial charge in [-0.3, -0.25) is 4.79 Å². The van der Waals surface area contributed by atoms with Gasteiger partial charge in [0.1, 0.15) is 17.5 Å². The first-order valence-electron chi connectivity index (χ1n) is 9.61. The molecule has 2 aromatic carbocycles. The van der Waals surface area contributed by atoms with Crippen molar-refractivity contribution in [2.45, 2.75) is 23.8 Å². The van der Waals surface area contributed by atoms with Gasteiger partial charge < -0.3 is 19.7 Å². The monoisotopic (exact) mass is 412 g/mol. The van der Waals surface area contributed by atoms with Crippen molar-refractivity contribution in [1.82, 2.24) is 0 Å². The zero-order valence-corrected chi connectivity index (χ0v) is 17.6. The van der Waals surface area contributed by atoms with Gasteiger partial charge in [0.15, 0.2) is 6.54 Å². The molecular formula is C22H26N3O3S+. The number of rotatable bonds is 8. The first kappa shape index (κ1) is 21.0. The number of benzene rings is 2. The van der Waals surface area contributed by atoms with E-state index in [4.69, 9.17) is 14.7 Å². The lowest BCUT2D eigenvalue weighted by Crippen LogP contribution is -3.11. The number of nitriles is 1. The van der Waals surface area contributed by atoms with Crippen molar-refractivity contribution in [2.24, 2.45) is 0 Å². The van der Waals surface area contributed by atoms with Gasteiger partial charge in [-0.05, 0) is 30.3 Å². The van der Waals surface area contributed by atoms with E-state index >= 15 is 0 Å². The van der Waals surface area contributed by atoms with Gasteiger partial charge in [-0.2, -0.15) is 5.26 Å². The van der Waals surface area contributed by atoms with Crippen LogP contribution in [0.25, 0.3) is 0 Å². The lowest BCUT2D eigenvalue weighted by Gasteiger charge is -2.23. The third kappa shape index (κ3) is 5.22. The number of hydrogen-bond acceptors (Lipinski definition) is 5. The van der Waals surface area contributed by atoms with Crippen LogP contribution in [0, 0.1) is 11.3 Å². The summed E-state index contributed by atoms with van der Waals surface area (Å²) in [6, 6.07) is 15.7. The van der Waals surface area contributed by atoms with Crippen LogP contribution in [0.3, 0.4) is 0 Å². The number of hydrogen-bond donors (Lipinski definition) is 2. The topological polar surface area (TPSA) is 75.8 Å². The van der Waals surface area contributed by atoms with Crippen molar-refractivity contribution in [3.05, 3.63) is 48.0 Å². The third-order valence-electron chi connectivity index (χ3n) is 5.14. The van der Waals surface area contributed by atoms with Crippen LogP contribution in [0.1, 0.15) is 24.4 Å². The molecule has 2 atom stereocenters. The van der Waals surface area contributed by atoms with Crippen molar-refractivity contribution in [2.75, 3.05) is 38.4 Å². The van der Waals surface area contributed by atoms with Crippen LogP contribution in [0.5, 0.6) is 11.5 Å². The molecule has 0 saturated carbocycles. The molecule has 152 valence electrons. The van der Waals surface area contributed by atoms with Crippen LogP contribution in [0.15, 0.2) is 47.4 Å². The molecule has 6 nitrogen and oxygen atoms in total. The molecule has 2 N–H and O–H groups in total. The summed E-state index contributed by atoms with van der Waals surface area (Å²) in [4.78, 5) is 14.9. The molecule has 1 unspecified atom stereocenters. The van der Waals surface area contributed by atoms with E-state index in [9.17, 15) is 4.79 Å². The van der Waals surface area contributed by atoms with E-state index < -0.39 is 0 Å². The Morgan fingerprint density at radius 1 is 1.28 bits per heavy atom. The van der Waals surface area contributed by atoms with E-state index in [1.807, 2.05) is 42.5 Å². The molecule has 0 aromatic heterocycles. The number of carbonyl (C=O) groups is 1. The summed E-state index contributed by atoms with van der Waals surface area (Å²) in [7, 11) is 3.32. The van der Waals surface area contributed by atoms with E-state index in [-0.39, 0.29) is 11.9 Å². The lowest BCUT2D eigenvalue weighted by molar-refractivity contribution is -0.910. The molecule has 0 radical (unpaired) electrons. The van der Waals surface area contributed by atoms with Crippen molar-refractivity contribution >= 4 is 23.4 Å². The Morgan fingerprint density at radius 2 is 2.10 bits per heavy atom. The molecule has 29 heavy (non-hydrogen) atoms. The summed E-state index contributed by atoms with van der Waals surface area (Å²) in [5.41, 5.74) is 1.84. The number of carbonyl (C=O) groups excluding carboxylic acids is 1. The van der Waals surface area contributed by atoms with E-state index in [0.29, 0.717) is 12.3 Å². The van der Waals surface area contributed by atoms with Crippen molar-refractivity contribution in [3.63, 3.8) is 0 Å². The fraction of sp³-hybridized carbons (Fsp3) is 0.364. The zero-order chi connectivity index (χ0) is 20.6. The third-order valence-corrected chi connectivity index (χ3v) is 6.08. The second kappa shape index (κ2) is 10.2. The highest BCUT2D eigenvalue weighted by Gasteiger charge is 2.34. The molecule has 1 amide bonds. The molecule has 1 heterocycles. The first-order chi connectivity index (χ1) is 14.2. The van der Waals surface area contributed by atoms with Crippen LogP contribution < -0.4 is 19.7 Å². The van der Waals surface area contributed by atoms with Gasteiger partial charge in [0, 0.05) is 17.7 Å². The second-order valence-electron chi connectivity index (χ2n) is 6.88. The summed E-state index contributed by atoms with van der Waals surface area (Å²) in [5.74, 6) is 1.94.